The van der Waals surface area contributed by atoms with E-state index in [2.05, 4.69) is 36.2 Å². The summed E-state index contributed by atoms with van der Waals surface area (Å²) in [5, 5.41) is 9.00. The molecule has 0 spiro atoms. The van der Waals surface area contributed by atoms with E-state index >= 15 is 0 Å². The number of hydrogen-bond acceptors (Lipinski definition) is 4. The first kappa shape index (κ1) is 14.6. The van der Waals surface area contributed by atoms with Crippen LogP contribution in [0.1, 0.15) is 37.2 Å². The zero-order valence-corrected chi connectivity index (χ0v) is 15.6. The molecule has 0 saturated carbocycles. The van der Waals surface area contributed by atoms with Crippen LogP contribution in [-0.2, 0) is 7.64 Å². The molecule has 2 atom stereocenters. The van der Waals surface area contributed by atoms with Crippen LogP contribution in [-0.4, -0.2) is 30.6 Å². The minimum absolute atomic E-state index is 0.0323. The minimum atomic E-state index is 0.0323. The number of rotatable bonds is 2. The fourth-order valence-corrected chi connectivity index (χ4v) is 6.16. The molecule has 0 aliphatic carbocycles. The Labute approximate surface area is 142 Å². The Morgan fingerprint density at radius 2 is 1.23 bits per heavy atom. The monoisotopic (exact) mass is 426 g/mol. The molecule has 0 bridgehead atoms. The van der Waals surface area contributed by atoms with E-state index in [1.807, 2.05) is 24.3 Å². The summed E-state index contributed by atoms with van der Waals surface area (Å²) < 4.78 is 13.9. The topological polar surface area (TPSA) is 43.2 Å². The maximum atomic E-state index is 5.75. The first-order chi connectivity index (χ1) is 10.7. The molecule has 0 radical (unpaired) electrons. The first-order valence-electron chi connectivity index (χ1n) is 7.08. The summed E-state index contributed by atoms with van der Waals surface area (Å²) >= 11 is 0.0646. The van der Waals surface area contributed by atoms with Gasteiger partial charge in [0.1, 0.15) is 0 Å². The van der Waals surface area contributed by atoms with Gasteiger partial charge in [-0.05, 0) is 0 Å². The van der Waals surface area contributed by atoms with Crippen LogP contribution in [0.25, 0.3) is 0 Å². The predicted octanol–water partition coefficient (Wildman–Crippen LogP) is 2.77. The quantitative estimate of drug-likeness (QED) is 0.550. The number of fused-ring (bicyclic) bond motifs is 2. The van der Waals surface area contributed by atoms with Crippen molar-refractivity contribution in [3.63, 3.8) is 0 Å². The Bertz CT molecular complexity index is 700. The van der Waals surface area contributed by atoms with Gasteiger partial charge in [-0.1, -0.05) is 0 Å². The average molecular weight is 424 g/mol. The first-order valence-corrected chi connectivity index (χ1v) is 10.2. The number of nitrogens with zero attached hydrogens (tertiary/aromatic N) is 2. The second-order valence-corrected chi connectivity index (χ2v) is 8.45. The molecule has 0 saturated heterocycles. The Morgan fingerprint density at radius 1 is 0.773 bits per heavy atom. The van der Waals surface area contributed by atoms with Crippen LogP contribution in [0, 0.1) is 0 Å². The van der Waals surface area contributed by atoms with Gasteiger partial charge in [-0.3, -0.25) is 0 Å². The second-order valence-electron chi connectivity index (χ2n) is 5.23. The van der Waals surface area contributed by atoms with Crippen molar-refractivity contribution >= 4 is 50.9 Å². The Hall–Kier alpha value is -1.00. The summed E-state index contributed by atoms with van der Waals surface area (Å²) in [5.41, 5.74) is 4.35. The third-order valence-electron chi connectivity index (χ3n) is 3.74. The fraction of sp³-hybridized carbons (Fsp3) is 0.250. The summed E-state index contributed by atoms with van der Waals surface area (Å²) in [6.45, 7) is 4.17. The molecule has 0 unspecified atom stereocenters. The summed E-state index contributed by atoms with van der Waals surface area (Å²) in [5.74, 6) is 0. The van der Waals surface area contributed by atoms with Gasteiger partial charge < -0.3 is 0 Å². The van der Waals surface area contributed by atoms with E-state index < -0.39 is 0 Å². The zero-order chi connectivity index (χ0) is 15.1. The molecule has 4 nitrogen and oxygen atoms in total. The zero-order valence-electron chi connectivity index (χ0n) is 12.1. The van der Waals surface area contributed by atoms with E-state index in [-0.39, 0.29) is 42.8 Å². The summed E-state index contributed by atoms with van der Waals surface area (Å²) in [4.78, 5) is 0. The van der Waals surface area contributed by atoms with Gasteiger partial charge >= 0.3 is 142 Å². The van der Waals surface area contributed by atoms with Crippen molar-refractivity contribution in [1.29, 1.82) is 0 Å². The second kappa shape index (κ2) is 5.89. The third-order valence-corrected chi connectivity index (χ3v) is 7.92. The predicted molar refractivity (Wildman–Crippen MR) is 86.8 cm³/mol. The summed E-state index contributed by atoms with van der Waals surface area (Å²) in [6, 6.07) is 12.3. The van der Waals surface area contributed by atoms with Crippen molar-refractivity contribution in [2.45, 2.75) is 26.1 Å². The van der Waals surface area contributed by atoms with Crippen molar-refractivity contribution in [1.82, 2.24) is 0 Å². The van der Waals surface area contributed by atoms with E-state index in [0.29, 0.717) is 0 Å². The molecule has 6 heteroatoms. The van der Waals surface area contributed by atoms with Crippen molar-refractivity contribution in [2.24, 2.45) is 10.2 Å². The van der Waals surface area contributed by atoms with E-state index in [0.717, 1.165) is 11.4 Å². The molecule has 0 amide bonds. The summed E-state index contributed by atoms with van der Waals surface area (Å²) in [7, 11) is 0. The van der Waals surface area contributed by atoms with E-state index in [1.165, 1.54) is 20.1 Å². The third kappa shape index (κ3) is 2.46. The molecule has 0 fully saturated rings. The van der Waals surface area contributed by atoms with Crippen molar-refractivity contribution < 1.29 is 7.64 Å². The van der Waals surface area contributed by atoms with E-state index in [9.17, 15) is 0 Å². The van der Waals surface area contributed by atoms with Crippen LogP contribution in [0.3, 0.4) is 0 Å². The molecule has 4 rings (SSSR count). The molecule has 2 heterocycles. The van der Waals surface area contributed by atoms with Gasteiger partial charge in [0.15, 0.2) is 0 Å². The molecule has 0 N–H and O–H groups in total. The molecule has 112 valence electrons. The van der Waals surface area contributed by atoms with Crippen LogP contribution < -0.4 is 8.92 Å². The van der Waals surface area contributed by atoms with Crippen LogP contribution in [0.5, 0.6) is 0 Å². The Morgan fingerprint density at radius 3 is 1.68 bits per heavy atom. The maximum absolute atomic E-state index is 5.75. The van der Waals surface area contributed by atoms with Crippen LogP contribution in [0.2, 0.25) is 0 Å². The molecule has 2 aliphatic rings. The summed E-state index contributed by atoms with van der Waals surface area (Å²) in [6.07, 6.45) is 0.340. The van der Waals surface area contributed by atoms with E-state index in [1.54, 1.807) is 0 Å². The molecule has 22 heavy (non-hydrogen) atoms. The molecular formula is C16H14N2O2Se2. The van der Waals surface area contributed by atoms with Crippen molar-refractivity contribution in [3.05, 3.63) is 47.5 Å². The Balaban J connectivity index is 1.70. The van der Waals surface area contributed by atoms with Gasteiger partial charge in [-0.25, -0.2) is 0 Å². The normalized spacial score (nSPS) is 23.0. The van der Waals surface area contributed by atoms with Crippen LogP contribution in [0.4, 0.5) is 11.4 Å². The Kier molecular flexibility index (Phi) is 3.91. The van der Waals surface area contributed by atoms with Gasteiger partial charge in [-0.2, -0.15) is 0 Å². The SMILES string of the molecule is C[C@@H]1O[Se]c2c(N=Nc3cccc4c3[Se]O[C@H]4C)cccc21. The van der Waals surface area contributed by atoms with Gasteiger partial charge in [-0.15, -0.1) is 0 Å². The van der Waals surface area contributed by atoms with Crippen LogP contribution in [0.15, 0.2) is 46.6 Å². The van der Waals surface area contributed by atoms with Crippen molar-refractivity contribution in [2.75, 3.05) is 0 Å². The van der Waals surface area contributed by atoms with Crippen molar-refractivity contribution in [3.8, 4) is 0 Å². The number of benzene rings is 2. The average Bonchev–Trinajstić information content (AvgIpc) is 3.10. The fourth-order valence-electron chi connectivity index (χ4n) is 2.52. The molecular weight excluding hydrogens is 410 g/mol. The van der Waals surface area contributed by atoms with Gasteiger partial charge in [0, 0.05) is 0 Å². The van der Waals surface area contributed by atoms with E-state index in [4.69, 9.17) is 7.64 Å². The number of hydrogen-bond donors (Lipinski definition) is 0. The molecule has 2 aromatic carbocycles. The molecule has 2 aliphatic heterocycles. The van der Waals surface area contributed by atoms with Gasteiger partial charge in [0.25, 0.3) is 0 Å². The van der Waals surface area contributed by atoms with Gasteiger partial charge in [0.05, 0.1) is 0 Å². The number of azo groups is 1. The molecule has 2 aromatic rings. The molecule has 0 aromatic heterocycles. The van der Waals surface area contributed by atoms with Crippen LogP contribution >= 0.6 is 0 Å². The standard InChI is InChI=1S/C16H14N2O2Se2/c1-9-11-5-3-7-13(15(11)21-19-9)17-18-14-8-4-6-12-10(2)20-22-16(12)14/h3-10H,1-2H3/t9-,10-/m0/s1. The van der Waals surface area contributed by atoms with Gasteiger partial charge in [0.2, 0.25) is 0 Å².